The SMILES string of the molecule is C=CCO[C@H](O)C(C)C. The van der Waals surface area contributed by atoms with Gasteiger partial charge in [-0.1, -0.05) is 19.9 Å². The smallest absolute Gasteiger partial charge is 0.157 e. The van der Waals surface area contributed by atoms with Gasteiger partial charge in [0.05, 0.1) is 6.61 Å². The molecule has 1 atom stereocenters. The Kier molecular flexibility index (Phi) is 4.36. The zero-order valence-corrected chi connectivity index (χ0v) is 6.00. The molecule has 0 aliphatic heterocycles. The number of ether oxygens (including phenoxy) is 1. The minimum Gasteiger partial charge on any atom is -0.368 e. The topological polar surface area (TPSA) is 29.5 Å². The number of hydrogen-bond donors (Lipinski definition) is 1. The first-order valence-corrected chi connectivity index (χ1v) is 3.09. The molecule has 0 aromatic heterocycles. The molecule has 9 heavy (non-hydrogen) atoms. The van der Waals surface area contributed by atoms with Gasteiger partial charge in [0, 0.05) is 5.92 Å². The third-order valence-electron chi connectivity index (χ3n) is 0.955. The van der Waals surface area contributed by atoms with Crippen molar-refractivity contribution in [1.82, 2.24) is 0 Å². The molecule has 0 saturated heterocycles. The summed E-state index contributed by atoms with van der Waals surface area (Å²) in [5.41, 5.74) is 0. The Hall–Kier alpha value is -0.340. The lowest BCUT2D eigenvalue weighted by Gasteiger charge is -2.13. The van der Waals surface area contributed by atoms with E-state index in [0.717, 1.165) is 0 Å². The first kappa shape index (κ1) is 8.66. The van der Waals surface area contributed by atoms with Crippen LogP contribution >= 0.6 is 0 Å². The second-order valence-electron chi connectivity index (χ2n) is 2.26. The summed E-state index contributed by atoms with van der Waals surface area (Å²) in [6.45, 7) is 7.67. The maximum Gasteiger partial charge on any atom is 0.157 e. The first-order chi connectivity index (χ1) is 4.18. The molecule has 0 radical (unpaired) electrons. The van der Waals surface area contributed by atoms with E-state index in [9.17, 15) is 0 Å². The minimum absolute atomic E-state index is 0.157. The Morgan fingerprint density at radius 1 is 1.67 bits per heavy atom. The fourth-order valence-electron chi connectivity index (χ4n) is 0.359. The zero-order chi connectivity index (χ0) is 7.28. The van der Waals surface area contributed by atoms with Crippen LogP contribution in [0, 0.1) is 5.92 Å². The Morgan fingerprint density at radius 2 is 2.22 bits per heavy atom. The van der Waals surface area contributed by atoms with Crippen molar-refractivity contribution in [2.24, 2.45) is 5.92 Å². The highest BCUT2D eigenvalue weighted by atomic mass is 16.6. The van der Waals surface area contributed by atoms with Crippen LogP contribution in [0.25, 0.3) is 0 Å². The van der Waals surface area contributed by atoms with Crippen molar-refractivity contribution in [3.63, 3.8) is 0 Å². The second-order valence-corrected chi connectivity index (χ2v) is 2.26. The van der Waals surface area contributed by atoms with Gasteiger partial charge in [-0.3, -0.25) is 0 Å². The average Bonchev–Trinajstić information content (AvgIpc) is 1.82. The molecule has 0 amide bonds. The van der Waals surface area contributed by atoms with Crippen molar-refractivity contribution in [1.29, 1.82) is 0 Å². The van der Waals surface area contributed by atoms with Gasteiger partial charge >= 0.3 is 0 Å². The summed E-state index contributed by atoms with van der Waals surface area (Å²) in [4.78, 5) is 0. The summed E-state index contributed by atoms with van der Waals surface area (Å²) < 4.78 is 4.89. The largest absolute Gasteiger partial charge is 0.368 e. The third kappa shape index (κ3) is 4.18. The molecular weight excluding hydrogens is 116 g/mol. The van der Waals surface area contributed by atoms with E-state index in [1.807, 2.05) is 13.8 Å². The Bertz CT molecular complexity index is 79.0. The van der Waals surface area contributed by atoms with Crippen LogP contribution in [0.4, 0.5) is 0 Å². The van der Waals surface area contributed by atoms with E-state index in [1.165, 1.54) is 0 Å². The van der Waals surface area contributed by atoms with Gasteiger partial charge in [-0.15, -0.1) is 6.58 Å². The molecule has 2 heteroatoms. The van der Waals surface area contributed by atoms with Crippen molar-refractivity contribution in [2.45, 2.75) is 20.1 Å². The molecule has 0 rings (SSSR count). The van der Waals surface area contributed by atoms with Gasteiger partial charge < -0.3 is 9.84 Å². The van der Waals surface area contributed by atoms with Crippen molar-refractivity contribution in [3.8, 4) is 0 Å². The lowest BCUT2D eigenvalue weighted by molar-refractivity contribution is -0.116. The van der Waals surface area contributed by atoms with E-state index in [-0.39, 0.29) is 5.92 Å². The van der Waals surface area contributed by atoms with Crippen molar-refractivity contribution in [2.75, 3.05) is 6.61 Å². The molecular formula is C7H14O2. The van der Waals surface area contributed by atoms with Gasteiger partial charge in [-0.05, 0) is 0 Å². The van der Waals surface area contributed by atoms with Gasteiger partial charge in [0.1, 0.15) is 0 Å². The summed E-state index contributed by atoms with van der Waals surface area (Å²) in [5.74, 6) is 0.157. The fraction of sp³-hybridized carbons (Fsp3) is 0.714. The third-order valence-corrected chi connectivity index (χ3v) is 0.955. The lowest BCUT2D eigenvalue weighted by atomic mass is 10.2. The van der Waals surface area contributed by atoms with Gasteiger partial charge in [0.25, 0.3) is 0 Å². The second kappa shape index (κ2) is 4.53. The van der Waals surface area contributed by atoms with Crippen LogP contribution < -0.4 is 0 Å². The Morgan fingerprint density at radius 3 is 2.56 bits per heavy atom. The molecule has 0 bridgehead atoms. The molecule has 0 heterocycles. The molecule has 0 saturated carbocycles. The molecule has 0 unspecified atom stereocenters. The summed E-state index contributed by atoms with van der Waals surface area (Å²) in [5, 5.41) is 8.99. The predicted octanol–water partition coefficient (Wildman–Crippen LogP) is 1.16. The van der Waals surface area contributed by atoms with Gasteiger partial charge in [-0.2, -0.15) is 0 Å². The van der Waals surface area contributed by atoms with Crippen LogP contribution in [0.3, 0.4) is 0 Å². The first-order valence-electron chi connectivity index (χ1n) is 3.09. The predicted molar refractivity (Wildman–Crippen MR) is 37.0 cm³/mol. The quantitative estimate of drug-likeness (QED) is 0.457. The Labute approximate surface area is 56.1 Å². The highest BCUT2D eigenvalue weighted by Crippen LogP contribution is 2.01. The monoisotopic (exact) mass is 130 g/mol. The summed E-state index contributed by atoms with van der Waals surface area (Å²) >= 11 is 0. The van der Waals surface area contributed by atoms with Crippen molar-refractivity contribution in [3.05, 3.63) is 12.7 Å². The number of aliphatic hydroxyl groups is 1. The number of aliphatic hydroxyl groups excluding tert-OH is 1. The summed E-state index contributed by atoms with van der Waals surface area (Å²) in [6.07, 6.45) is 0.967. The highest BCUT2D eigenvalue weighted by molar-refractivity contribution is 4.64. The van der Waals surface area contributed by atoms with Gasteiger partial charge in [0.2, 0.25) is 0 Å². The van der Waals surface area contributed by atoms with E-state index in [0.29, 0.717) is 6.61 Å². The number of rotatable bonds is 4. The molecule has 2 nitrogen and oxygen atoms in total. The molecule has 0 spiro atoms. The maximum absolute atomic E-state index is 8.99. The molecule has 54 valence electrons. The summed E-state index contributed by atoms with van der Waals surface area (Å²) in [6, 6.07) is 0. The van der Waals surface area contributed by atoms with Crippen LogP contribution in [0.2, 0.25) is 0 Å². The Balaban J connectivity index is 3.26. The van der Waals surface area contributed by atoms with Gasteiger partial charge in [-0.25, -0.2) is 0 Å². The number of hydrogen-bond acceptors (Lipinski definition) is 2. The van der Waals surface area contributed by atoms with Crippen LogP contribution in [0.5, 0.6) is 0 Å². The maximum atomic E-state index is 8.99. The van der Waals surface area contributed by atoms with E-state index in [2.05, 4.69) is 6.58 Å². The zero-order valence-electron chi connectivity index (χ0n) is 6.00. The molecule has 0 fully saturated rings. The van der Waals surface area contributed by atoms with Gasteiger partial charge in [0.15, 0.2) is 6.29 Å². The van der Waals surface area contributed by atoms with E-state index < -0.39 is 6.29 Å². The standard InChI is InChI=1S/C7H14O2/c1-4-5-9-7(8)6(2)3/h4,6-8H,1,5H2,2-3H3/t7-/m0/s1. The minimum atomic E-state index is -0.650. The van der Waals surface area contributed by atoms with Crippen LogP contribution in [-0.2, 0) is 4.74 Å². The summed E-state index contributed by atoms with van der Waals surface area (Å²) in [7, 11) is 0. The van der Waals surface area contributed by atoms with Crippen LogP contribution in [0.15, 0.2) is 12.7 Å². The van der Waals surface area contributed by atoms with E-state index >= 15 is 0 Å². The lowest BCUT2D eigenvalue weighted by Crippen LogP contribution is -2.18. The normalized spacial score (nSPS) is 13.8. The molecule has 0 aromatic rings. The van der Waals surface area contributed by atoms with Crippen LogP contribution in [0.1, 0.15) is 13.8 Å². The fourth-order valence-corrected chi connectivity index (χ4v) is 0.359. The molecule has 0 aliphatic rings. The average molecular weight is 130 g/mol. The highest BCUT2D eigenvalue weighted by Gasteiger charge is 2.06. The van der Waals surface area contributed by atoms with Crippen molar-refractivity contribution >= 4 is 0 Å². The van der Waals surface area contributed by atoms with Crippen molar-refractivity contribution < 1.29 is 9.84 Å². The molecule has 0 aliphatic carbocycles. The van der Waals surface area contributed by atoms with E-state index in [4.69, 9.17) is 9.84 Å². The molecule has 0 aromatic carbocycles. The van der Waals surface area contributed by atoms with E-state index in [1.54, 1.807) is 6.08 Å². The van der Waals surface area contributed by atoms with Crippen LogP contribution in [-0.4, -0.2) is 18.0 Å². The molecule has 1 N–H and O–H groups in total.